The van der Waals surface area contributed by atoms with Gasteiger partial charge in [-0.1, -0.05) is 31.9 Å². The molecule has 0 atom stereocenters. The van der Waals surface area contributed by atoms with Gasteiger partial charge in [-0.15, -0.1) is 0 Å². The molecule has 0 aliphatic heterocycles. The summed E-state index contributed by atoms with van der Waals surface area (Å²) in [5.41, 5.74) is 0. The predicted molar refractivity (Wildman–Crippen MR) is 36.6 cm³/mol. The minimum atomic E-state index is -1.63. The average molecular weight is 250 g/mol. The zero-order valence-corrected chi connectivity index (χ0v) is 7.05. The molecule has 0 bridgehead atoms. The number of allylic oxidation sites excluding steroid dienone is 1. The molecule has 0 aliphatic carbocycles. The van der Waals surface area contributed by atoms with Crippen molar-refractivity contribution in [2.24, 2.45) is 0 Å². The van der Waals surface area contributed by atoms with Crippen LogP contribution in [-0.4, -0.2) is 3.74 Å². The fourth-order valence-electron chi connectivity index (χ4n) is 0.178. The van der Waals surface area contributed by atoms with E-state index < -0.39 is 6.08 Å². The highest BCUT2D eigenvalue weighted by Crippen LogP contribution is 2.14. The normalized spacial score (nSPS) is 9.62. The summed E-state index contributed by atoms with van der Waals surface area (Å²) < 4.78 is 22.4. The minimum Gasteiger partial charge on any atom is -0.174 e. The average Bonchev–Trinajstić information content (AvgIpc) is 1.61. The maximum absolute atomic E-state index is 11.2. The first-order valence-corrected chi connectivity index (χ1v) is 3.75. The first-order chi connectivity index (χ1) is 3.63. The minimum absolute atomic E-state index is 0.0449. The lowest BCUT2D eigenvalue weighted by Gasteiger charge is -1.89. The third-order valence-corrected chi connectivity index (χ3v) is 1.20. The summed E-state index contributed by atoms with van der Waals surface area (Å²) in [7, 11) is 0. The molecule has 8 heavy (non-hydrogen) atoms. The Balaban J connectivity index is 3.29. The van der Waals surface area contributed by atoms with E-state index in [1.54, 1.807) is 0 Å². The first-order valence-electron chi connectivity index (χ1n) is 1.92. The first kappa shape index (κ1) is 8.56. The van der Waals surface area contributed by atoms with Gasteiger partial charge in [0, 0.05) is 0 Å². The van der Waals surface area contributed by atoms with Crippen molar-refractivity contribution in [1.82, 2.24) is 0 Å². The number of alkyl halides is 2. The summed E-state index contributed by atoms with van der Waals surface area (Å²) >= 11 is 6.08. The maximum Gasteiger partial charge on any atom is 0.266 e. The Morgan fingerprint density at radius 1 is 1.50 bits per heavy atom. The zero-order chi connectivity index (χ0) is 6.57. The van der Waals surface area contributed by atoms with Crippen molar-refractivity contribution in [3.8, 4) is 0 Å². The standard InChI is InChI=1S/C4H4Br2F2/c5-3(6)1-2-4(7)8/h2-3H,1H2. The lowest BCUT2D eigenvalue weighted by Crippen LogP contribution is -1.78. The fourth-order valence-corrected chi connectivity index (χ4v) is 0.552. The molecular formula is C4H4Br2F2. The second kappa shape index (κ2) is 4.44. The van der Waals surface area contributed by atoms with Crippen LogP contribution in [0, 0.1) is 0 Å². The molecule has 48 valence electrons. The molecule has 0 saturated carbocycles. The molecule has 0 radical (unpaired) electrons. The second-order valence-electron chi connectivity index (χ2n) is 1.12. The summed E-state index contributed by atoms with van der Waals surface area (Å²) in [6.45, 7) is 0. The largest absolute Gasteiger partial charge is 0.266 e. The molecule has 0 N–H and O–H groups in total. The molecule has 0 aliphatic rings. The van der Waals surface area contributed by atoms with Crippen LogP contribution >= 0.6 is 31.9 Å². The second-order valence-corrected chi connectivity index (χ2v) is 4.56. The Labute approximate surface area is 63.2 Å². The molecule has 0 unspecified atom stereocenters. The SMILES string of the molecule is FC(F)=CCC(Br)Br. The molecule has 0 spiro atoms. The van der Waals surface area contributed by atoms with Crippen molar-refractivity contribution in [2.75, 3.05) is 0 Å². The van der Waals surface area contributed by atoms with Crippen LogP contribution in [0.15, 0.2) is 12.2 Å². The Kier molecular flexibility index (Phi) is 4.75. The van der Waals surface area contributed by atoms with Crippen LogP contribution in [0.1, 0.15) is 6.42 Å². The number of halogens is 4. The third-order valence-electron chi connectivity index (χ3n) is 0.450. The van der Waals surface area contributed by atoms with E-state index in [9.17, 15) is 8.78 Å². The van der Waals surface area contributed by atoms with Gasteiger partial charge in [0.1, 0.15) is 0 Å². The maximum atomic E-state index is 11.2. The van der Waals surface area contributed by atoms with E-state index >= 15 is 0 Å². The van der Waals surface area contributed by atoms with Crippen LogP contribution in [0.2, 0.25) is 0 Å². The van der Waals surface area contributed by atoms with Crippen molar-refractivity contribution in [3.63, 3.8) is 0 Å². The van der Waals surface area contributed by atoms with Crippen molar-refractivity contribution < 1.29 is 8.78 Å². The number of hydrogen-bond donors (Lipinski definition) is 0. The van der Waals surface area contributed by atoms with Gasteiger partial charge >= 0.3 is 0 Å². The molecule has 0 aromatic rings. The molecular weight excluding hydrogens is 246 g/mol. The molecule has 0 amide bonds. The molecule has 0 rings (SSSR count). The van der Waals surface area contributed by atoms with Gasteiger partial charge in [0.2, 0.25) is 0 Å². The van der Waals surface area contributed by atoms with E-state index in [1.165, 1.54) is 0 Å². The molecule has 0 fully saturated rings. The molecule has 0 aromatic carbocycles. The lowest BCUT2D eigenvalue weighted by atomic mass is 10.5. The number of rotatable bonds is 2. The van der Waals surface area contributed by atoms with Gasteiger partial charge in [0.05, 0.1) is 3.74 Å². The Morgan fingerprint density at radius 2 is 2.00 bits per heavy atom. The van der Waals surface area contributed by atoms with Crippen molar-refractivity contribution in [1.29, 1.82) is 0 Å². The Bertz CT molecular complexity index is 86.0. The molecule has 4 heteroatoms. The van der Waals surface area contributed by atoms with Crippen molar-refractivity contribution >= 4 is 31.9 Å². The highest BCUT2D eigenvalue weighted by molar-refractivity contribution is 9.24. The summed E-state index contributed by atoms with van der Waals surface area (Å²) in [6.07, 6.45) is -0.467. The van der Waals surface area contributed by atoms with E-state index in [0.717, 1.165) is 6.08 Å². The van der Waals surface area contributed by atoms with Crippen LogP contribution in [0.5, 0.6) is 0 Å². The highest BCUT2D eigenvalue weighted by atomic mass is 79.9. The smallest absolute Gasteiger partial charge is 0.174 e. The quantitative estimate of drug-likeness (QED) is 0.659. The van der Waals surface area contributed by atoms with Crippen LogP contribution < -0.4 is 0 Å². The third kappa shape index (κ3) is 6.56. The Hall–Kier alpha value is 0.560. The number of hydrogen-bond acceptors (Lipinski definition) is 0. The summed E-state index contributed by atoms with van der Waals surface area (Å²) in [6, 6.07) is 0. The summed E-state index contributed by atoms with van der Waals surface area (Å²) in [5, 5.41) is 0. The summed E-state index contributed by atoms with van der Waals surface area (Å²) in [5.74, 6) is 0. The van der Waals surface area contributed by atoms with E-state index in [1.807, 2.05) is 0 Å². The molecule has 0 nitrogen and oxygen atoms in total. The monoisotopic (exact) mass is 248 g/mol. The predicted octanol–water partition coefficient (Wildman–Crippen LogP) is 3.27. The van der Waals surface area contributed by atoms with Gasteiger partial charge in [-0.2, -0.15) is 8.78 Å². The van der Waals surface area contributed by atoms with Gasteiger partial charge in [0.25, 0.3) is 6.08 Å². The van der Waals surface area contributed by atoms with Gasteiger partial charge in [0.15, 0.2) is 0 Å². The van der Waals surface area contributed by atoms with Crippen LogP contribution in [0.25, 0.3) is 0 Å². The van der Waals surface area contributed by atoms with Crippen molar-refractivity contribution in [3.05, 3.63) is 12.2 Å². The van der Waals surface area contributed by atoms with Gasteiger partial charge in [-0.3, -0.25) is 0 Å². The van der Waals surface area contributed by atoms with E-state index in [4.69, 9.17) is 0 Å². The van der Waals surface area contributed by atoms with Gasteiger partial charge < -0.3 is 0 Å². The Morgan fingerprint density at radius 3 is 2.12 bits per heavy atom. The van der Waals surface area contributed by atoms with Crippen molar-refractivity contribution in [2.45, 2.75) is 10.2 Å². The van der Waals surface area contributed by atoms with Gasteiger partial charge in [-0.05, 0) is 12.5 Å². The van der Waals surface area contributed by atoms with E-state index in [0.29, 0.717) is 6.42 Å². The van der Waals surface area contributed by atoms with Crippen LogP contribution in [-0.2, 0) is 0 Å². The fraction of sp³-hybridized carbons (Fsp3) is 0.500. The molecule has 0 heterocycles. The highest BCUT2D eigenvalue weighted by Gasteiger charge is 1.94. The van der Waals surface area contributed by atoms with E-state index in [2.05, 4.69) is 31.9 Å². The topological polar surface area (TPSA) is 0 Å². The van der Waals surface area contributed by atoms with E-state index in [-0.39, 0.29) is 3.74 Å². The zero-order valence-electron chi connectivity index (χ0n) is 3.87. The lowest BCUT2D eigenvalue weighted by molar-refractivity contribution is 0.418. The van der Waals surface area contributed by atoms with Crippen LogP contribution in [0.3, 0.4) is 0 Å². The molecule has 0 aromatic heterocycles. The van der Waals surface area contributed by atoms with Gasteiger partial charge in [-0.25, -0.2) is 0 Å². The summed E-state index contributed by atoms with van der Waals surface area (Å²) in [4.78, 5) is 0. The van der Waals surface area contributed by atoms with Crippen LogP contribution in [0.4, 0.5) is 8.78 Å². The molecule has 0 saturated heterocycles.